The number of thioether (sulfide) groups is 1. The van der Waals surface area contributed by atoms with Crippen LogP contribution >= 0.6 is 11.8 Å². The molecule has 184 valence electrons. The summed E-state index contributed by atoms with van der Waals surface area (Å²) in [4.78, 5) is 0.908. The maximum atomic E-state index is 13.8. The van der Waals surface area contributed by atoms with Crippen molar-refractivity contribution < 1.29 is 43.1 Å². The van der Waals surface area contributed by atoms with Crippen LogP contribution in [-0.4, -0.2) is 73.7 Å². The number of rotatable bonds is 8. The number of aromatic nitrogens is 2. The lowest BCUT2D eigenvalue weighted by Gasteiger charge is -2.39. The predicted octanol–water partition coefficient (Wildman–Crippen LogP) is 2.26. The normalized spacial score (nSPS) is 26.9. The molecule has 1 saturated heterocycles. The van der Waals surface area contributed by atoms with Gasteiger partial charge in [0.05, 0.1) is 12.2 Å². The summed E-state index contributed by atoms with van der Waals surface area (Å²) in [6, 6.07) is 7.12. The van der Waals surface area contributed by atoms with Crippen molar-refractivity contribution in [2.24, 2.45) is 0 Å². The number of nitrogens with one attached hydrogen (secondary N) is 1. The zero-order valence-corrected chi connectivity index (χ0v) is 18.8. The van der Waals surface area contributed by atoms with Crippen LogP contribution in [0.1, 0.15) is 43.0 Å². The zero-order chi connectivity index (χ0) is 24.3. The summed E-state index contributed by atoms with van der Waals surface area (Å²) >= 11 is 1.59. The van der Waals surface area contributed by atoms with Gasteiger partial charge in [-0.3, -0.25) is 5.10 Å². The molecule has 0 spiro atoms. The van der Waals surface area contributed by atoms with Crippen molar-refractivity contribution in [3.8, 4) is 5.88 Å². The molecule has 2 aromatic rings. The second kappa shape index (κ2) is 10.6. The van der Waals surface area contributed by atoms with Gasteiger partial charge in [-0.1, -0.05) is 26.0 Å². The van der Waals surface area contributed by atoms with E-state index >= 15 is 0 Å². The van der Waals surface area contributed by atoms with Crippen molar-refractivity contribution in [2.75, 3.05) is 12.4 Å². The van der Waals surface area contributed by atoms with E-state index in [4.69, 9.17) is 9.47 Å². The van der Waals surface area contributed by atoms with E-state index in [0.717, 1.165) is 17.1 Å². The molecule has 12 heteroatoms. The molecule has 1 fully saturated rings. The molecule has 1 aliphatic rings. The maximum Gasteiger partial charge on any atom is 0.433 e. The highest BCUT2D eigenvalue weighted by atomic mass is 32.2. The van der Waals surface area contributed by atoms with Gasteiger partial charge in [0.1, 0.15) is 24.0 Å². The minimum absolute atomic E-state index is 0.307. The molecule has 33 heavy (non-hydrogen) atoms. The molecule has 1 aromatic carbocycles. The third-order valence-electron chi connectivity index (χ3n) is 5.41. The highest BCUT2D eigenvalue weighted by Gasteiger charge is 2.47. The Hall–Kier alpha value is -1.83. The Morgan fingerprint density at radius 2 is 1.97 bits per heavy atom. The van der Waals surface area contributed by atoms with Crippen LogP contribution in [0.5, 0.6) is 5.88 Å². The fraction of sp³-hybridized carbons (Fsp3) is 0.571. The average molecular weight is 493 g/mol. The Labute approximate surface area is 192 Å². The summed E-state index contributed by atoms with van der Waals surface area (Å²) in [5.74, 6) is -0.436. The van der Waals surface area contributed by atoms with E-state index in [9.17, 15) is 33.6 Å². The molecule has 1 aromatic heterocycles. The van der Waals surface area contributed by atoms with E-state index < -0.39 is 61.0 Å². The first kappa shape index (κ1) is 25.8. The highest BCUT2D eigenvalue weighted by Crippen LogP contribution is 2.42. The average Bonchev–Trinajstić information content (AvgIpc) is 3.21. The molecule has 0 radical (unpaired) electrons. The first-order valence-electron chi connectivity index (χ1n) is 10.4. The summed E-state index contributed by atoms with van der Waals surface area (Å²) < 4.78 is 51.8. The summed E-state index contributed by atoms with van der Waals surface area (Å²) in [7, 11) is 0. The quantitative estimate of drug-likeness (QED) is 0.355. The zero-order valence-electron chi connectivity index (χ0n) is 18.0. The van der Waals surface area contributed by atoms with Gasteiger partial charge in [0, 0.05) is 10.8 Å². The maximum absolute atomic E-state index is 13.8. The van der Waals surface area contributed by atoms with Crippen LogP contribution in [0, 0.1) is 0 Å². The second-order valence-electron chi connectivity index (χ2n) is 7.77. The fourth-order valence-electron chi connectivity index (χ4n) is 3.63. The molecule has 1 unspecified atom stereocenters. The number of alkyl halides is 3. The number of aliphatic hydroxyl groups excluding tert-OH is 4. The summed E-state index contributed by atoms with van der Waals surface area (Å²) in [6.45, 7) is 2.91. The molecule has 1 aliphatic heterocycles. The first-order chi connectivity index (χ1) is 15.6. The molecule has 5 N–H and O–H groups in total. The van der Waals surface area contributed by atoms with Gasteiger partial charge >= 0.3 is 6.18 Å². The summed E-state index contributed by atoms with van der Waals surface area (Å²) in [6.07, 6.45) is -11.9. The molecule has 0 aliphatic carbocycles. The van der Waals surface area contributed by atoms with Crippen LogP contribution in [-0.2, 0) is 10.9 Å². The Morgan fingerprint density at radius 1 is 1.24 bits per heavy atom. The Balaban J connectivity index is 1.96. The Bertz CT molecular complexity index is 928. The predicted molar refractivity (Wildman–Crippen MR) is 113 cm³/mol. The van der Waals surface area contributed by atoms with Gasteiger partial charge < -0.3 is 29.9 Å². The van der Waals surface area contributed by atoms with Gasteiger partial charge in [0.15, 0.2) is 12.4 Å². The summed E-state index contributed by atoms with van der Waals surface area (Å²) in [5, 5.41) is 45.3. The number of aromatic amines is 1. The molecule has 2 heterocycles. The standard InChI is InChI=1S/C21H27F3N2O6S/c1-3-7-33-12-6-4-5-11(8-12)10(2)14-18(21(22,23)24)25-26-19(14)32-17-16(29)15(28)13(9-27)31-20(17)30/h4-6,8,10,13,15-17,20,27-30H,3,7,9H2,1-2H3,(H,25,26)/t10?,13-,15-,16+,17-,20-/m1/s1. The van der Waals surface area contributed by atoms with Gasteiger partial charge in [-0.15, -0.1) is 16.9 Å². The van der Waals surface area contributed by atoms with Crippen molar-refractivity contribution in [1.29, 1.82) is 0 Å². The Morgan fingerprint density at radius 3 is 2.61 bits per heavy atom. The number of H-pyrrole nitrogens is 1. The molecule has 8 nitrogen and oxygen atoms in total. The minimum Gasteiger partial charge on any atom is -0.465 e. The number of hydrogen-bond acceptors (Lipinski definition) is 8. The van der Waals surface area contributed by atoms with Crippen molar-refractivity contribution in [3.63, 3.8) is 0 Å². The third-order valence-corrected chi connectivity index (χ3v) is 6.61. The Kier molecular flexibility index (Phi) is 8.30. The van der Waals surface area contributed by atoms with Crippen LogP contribution in [0.3, 0.4) is 0 Å². The van der Waals surface area contributed by atoms with Crippen molar-refractivity contribution in [3.05, 3.63) is 41.1 Å². The minimum atomic E-state index is -4.77. The summed E-state index contributed by atoms with van der Waals surface area (Å²) in [5.41, 5.74) is -0.835. The lowest BCUT2D eigenvalue weighted by atomic mass is 9.92. The SMILES string of the molecule is CCCSc1cccc(C(C)c2c(O[C@@H]3[C@@H](O)[C@H](O)[C@@H](CO)O[C@H]3O)n[nH]c2C(F)(F)F)c1. The molecule has 3 rings (SSSR count). The van der Waals surface area contributed by atoms with Crippen LogP contribution < -0.4 is 4.74 Å². The first-order valence-corrected chi connectivity index (χ1v) is 11.4. The highest BCUT2D eigenvalue weighted by molar-refractivity contribution is 7.99. The van der Waals surface area contributed by atoms with Crippen LogP contribution in [0.2, 0.25) is 0 Å². The van der Waals surface area contributed by atoms with E-state index in [0.29, 0.717) is 5.56 Å². The van der Waals surface area contributed by atoms with E-state index in [-0.39, 0.29) is 5.56 Å². The number of hydrogen-bond donors (Lipinski definition) is 5. The lowest BCUT2D eigenvalue weighted by Crippen LogP contribution is -2.60. The fourth-order valence-corrected chi connectivity index (χ4v) is 4.46. The van der Waals surface area contributed by atoms with Gasteiger partial charge in [-0.25, -0.2) is 0 Å². The number of nitrogens with zero attached hydrogens (tertiary/aromatic N) is 1. The topological polar surface area (TPSA) is 128 Å². The number of aliphatic hydroxyl groups is 4. The van der Waals surface area contributed by atoms with Gasteiger partial charge in [0.25, 0.3) is 0 Å². The van der Waals surface area contributed by atoms with Gasteiger partial charge in [-0.2, -0.15) is 13.2 Å². The second-order valence-corrected chi connectivity index (χ2v) is 8.94. The van der Waals surface area contributed by atoms with E-state index in [1.165, 1.54) is 0 Å². The van der Waals surface area contributed by atoms with E-state index in [2.05, 4.69) is 5.10 Å². The molecular formula is C21H27F3N2O6S. The smallest absolute Gasteiger partial charge is 0.433 e. The molecular weight excluding hydrogens is 465 g/mol. The molecule has 0 bridgehead atoms. The molecule has 6 atom stereocenters. The largest absolute Gasteiger partial charge is 0.465 e. The van der Waals surface area contributed by atoms with Gasteiger partial charge in [0.2, 0.25) is 5.88 Å². The van der Waals surface area contributed by atoms with Crippen LogP contribution in [0.4, 0.5) is 13.2 Å². The van der Waals surface area contributed by atoms with Crippen molar-refractivity contribution in [1.82, 2.24) is 10.2 Å². The van der Waals surface area contributed by atoms with Gasteiger partial charge in [-0.05, 0) is 29.9 Å². The van der Waals surface area contributed by atoms with Crippen molar-refractivity contribution in [2.45, 2.75) is 68.0 Å². The number of halogens is 3. The van der Waals surface area contributed by atoms with Crippen LogP contribution in [0.25, 0.3) is 0 Å². The van der Waals surface area contributed by atoms with Crippen molar-refractivity contribution >= 4 is 11.8 Å². The van der Waals surface area contributed by atoms with Crippen LogP contribution in [0.15, 0.2) is 29.2 Å². The molecule has 0 amide bonds. The number of benzene rings is 1. The molecule has 0 saturated carbocycles. The number of ether oxygens (including phenoxy) is 2. The van der Waals surface area contributed by atoms with E-state index in [1.807, 2.05) is 18.1 Å². The third kappa shape index (κ3) is 5.64. The van der Waals surface area contributed by atoms with E-state index in [1.54, 1.807) is 36.9 Å². The monoisotopic (exact) mass is 492 g/mol. The lowest BCUT2D eigenvalue weighted by molar-refractivity contribution is -0.281.